The molecule has 1 heterocycles. The number of aryl methyl sites for hydroxylation is 1. The van der Waals surface area contributed by atoms with Gasteiger partial charge in [0.1, 0.15) is 30.5 Å². The molecule has 3 rings (SSSR count). The zero-order valence-electron chi connectivity index (χ0n) is 23.6. The van der Waals surface area contributed by atoms with Crippen molar-refractivity contribution in [2.24, 2.45) is 0 Å². The average Bonchev–Trinajstić information content (AvgIpc) is 3.00. The summed E-state index contributed by atoms with van der Waals surface area (Å²) >= 11 is 0. The fraction of sp³-hybridized carbons (Fsp3) is 0.571. The lowest BCUT2D eigenvalue weighted by atomic mass is 9.99. The van der Waals surface area contributed by atoms with Crippen molar-refractivity contribution >= 4 is 0 Å². The van der Waals surface area contributed by atoms with E-state index in [0.717, 1.165) is 5.56 Å². The van der Waals surface area contributed by atoms with Gasteiger partial charge in [0, 0.05) is 13.0 Å². The molecule has 0 bridgehead atoms. The molecule has 13 heteroatoms. The molecule has 13 nitrogen and oxygen atoms in total. The minimum Gasteiger partial charge on any atom is -0.493 e. The predicted octanol–water partition coefficient (Wildman–Crippen LogP) is -0.193. The molecule has 1 aliphatic rings. The van der Waals surface area contributed by atoms with Crippen LogP contribution in [-0.4, -0.2) is 116 Å². The number of ether oxygens (including phenoxy) is 7. The molecule has 1 aliphatic heterocycles. The summed E-state index contributed by atoms with van der Waals surface area (Å²) in [6.45, 7) is -0.914. The normalized spacial score (nSPS) is 23.0. The van der Waals surface area contributed by atoms with Crippen LogP contribution in [0.3, 0.4) is 0 Å². The molecule has 2 aromatic carbocycles. The Morgan fingerprint density at radius 3 is 1.76 bits per heavy atom. The van der Waals surface area contributed by atoms with E-state index in [-0.39, 0.29) is 36.9 Å². The summed E-state index contributed by atoms with van der Waals surface area (Å²) in [7, 11) is 5.78. The van der Waals surface area contributed by atoms with Crippen LogP contribution in [0.5, 0.6) is 34.5 Å². The highest BCUT2D eigenvalue weighted by Crippen LogP contribution is 2.42. The van der Waals surface area contributed by atoms with E-state index < -0.39 is 43.4 Å². The van der Waals surface area contributed by atoms with Crippen molar-refractivity contribution in [3.05, 3.63) is 35.4 Å². The highest BCUT2D eigenvalue weighted by Gasteiger charge is 2.45. The van der Waals surface area contributed by atoms with Crippen LogP contribution in [-0.2, 0) is 17.6 Å². The summed E-state index contributed by atoms with van der Waals surface area (Å²) in [5, 5.41) is 59.4. The maximum atomic E-state index is 10.4. The fourth-order valence-corrected chi connectivity index (χ4v) is 4.50. The van der Waals surface area contributed by atoms with Gasteiger partial charge in [0.05, 0.1) is 41.7 Å². The van der Waals surface area contributed by atoms with Gasteiger partial charge in [0.15, 0.2) is 23.0 Å². The zero-order valence-corrected chi connectivity index (χ0v) is 23.6. The van der Waals surface area contributed by atoms with Crippen molar-refractivity contribution in [2.45, 2.75) is 56.1 Å². The van der Waals surface area contributed by atoms with Crippen molar-refractivity contribution in [1.29, 1.82) is 0 Å². The van der Waals surface area contributed by atoms with E-state index in [4.69, 9.17) is 38.3 Å². The summed E-state index contributed by atoms with van der Waals surface area (Å²) < 4.78 is 39.4. The lowest BCUT2D eigenvalue weighted by molar-refractivity contribution is -0.277. The standard InChI is InChI=1S/C28H40O13/c1-35-18-9-15(6-5-7-29)10-19(36-2)26(18)39-17(13-30)8-16-11-20(37-3)27(21(12-16)38-4)41-28-25(34)24(33)23(32)22(14-31)40-28/h9-12,17,22-25,28-34H,5-8,13-14H2,1-4H3. The second kappa shape index (κ2) is 15.3. The second-order valence-corrected chi connectivity index (χ2v) is 9.43. The first-order chi connectivity index (χ1) is 19.7. The summed E-state index contributed by atoms with van der Waals surface area (Å²) in [5.74, 6) is 1.56. The summed E-state index contributed by atoms with van der Waals surface area (Å²) in [6, 6.07) is 6.83. The zero-order chi connectivity index (χ0) is 30.1. The molecule has 1 saturated heterocycles. The van der Waals surface area contributed by atoms with E-state index >= 15 is 0 Å². The Kier molecular flexibility index (Phi) is 12.1. The number of hydrogen-bond acceptors (Lipinski definition) is 13. The van der Waals surface area contributed by atoms with Crippen molar-refractivity contribution in [2.75, 3.05) is 48.3 Å². The Labute approximate surface area is 238 Å². The third-order valence-corrected chi connectivity index (χ3v) is 6.70. The van der Waals surface area contributed by atoms with E-state index in [9.17, 15) is 25.5 Å². The average molecular weight is 585 g/mol. The number of aliphatic hydroxyl groups excluding tert-OH is 6. The summed E-state index contributed by atoms with van der Waals surface area (Å²) in [6.07, 6.45) is -6.75. The van der Waals surface area contributed by atoms with Crippen molar-refractivity contribution in [3.63, 3.8) is 0 Å². The molecule has 1 fully saturated rings. The Hall–Kier alpha value is -3.04. The van der Waals surface area contributed by atoms with Gasteiger partial charge in [-0.05, 0) is 48.2 Å². The fourth-order valence-electron chi connectivity index (χ4n) is 4.50. The van der Waals surface area contributed by atoms with Gasteiger partial charge in [0.2, 0.25) is 17.8 Å². The molecule has 2 aromatic rings. The molecule has 6 N–H and O–H groups in total. The second-order valence-electron chi connectivity index (χ2n) is 9.43. The molecule has 41 heavy (non-hydrogen) atoms. The van der Waals surface area contributed by atoms with Gasteiger partial charge in [0.25, 0.3) is 0 Å². The van der Waals surface area contributed by atoms with E-state index in [2.05, 4.69) is 0 Å². The minimum atomic E-state index is -1.63. The number of benzene rings is 2. The topological polar surface area (TPSA) is 186 Å². The first kappa shape index (κ1) is 32.5. The Morgan fingerprint density at radius 2 is 1.27 bits per heavy atom. The quantitative estimate of drug-likeness (QED) is 0.162. The van der Waals surface area contributed by atoms with Gasteiger partial charge in [-0.3, -0.25) is 0 Å². The molecule has 6 atom stereocenters. The highest BCUT2D eigenvalue weighted by molar-refractivity contribution is 5.55. The smallest absolute Gasteiger partial charge is 0.229 e. The van der Waals surface area contributed by atoms with Gasteiger partial charge < -0.3 is 63.8 Å². The molecular weight excluding hydrogens is 544 g/mol. The lowest BCUT2D eigenvalue weighted by Crippen LogP contribution is -2.60. The molecule has 0 aliphatic carbocycles. The maximum absolute atomic E-state index is 10.4. The number of hydrogen-bond donors (Lipinski definition) is 6. The first-order valence-electron chi connectivity index (χ1n) is 13.1. The van der Waals surface area contributed by atoms with Gasteiger partial charge in [-0.1, -0.05) is 0 Å². The van der Waals surface area contributed by atoms with Crippen LogP contribution in [0.25, 0.3) is 0 Å². The van der Waals surface area contributed by atoms with Crippen LogP contribution in [0.1, 0.15) is 17.5 Å². The van der Waals surface area contributed by atoms with Crippen LogP contribution >= 0.6 is 0 Å². The Bertz CT molecular complexity index is 1060. The van der Waals surface area contributed by atoms with E-state index in [1.54, 1.807) is 24.3 Å². The minimum absolute atomic E-state index is 0.0475. The van der Waals surface area contributed by atoms with E-state index in [1.807, 2.05) is 0 Å². The van der Waals surface area contributed by atoms with Crippen LogP contribution < -0.4 is 28.4 Å². The third-order valence-electron chi connectivity index (χ3n) is 6.70. The molecule has 0 aromatic heterocycles. The third kappa shape index (κ3) is 7.63. The Morgan fingerprint density at radius 1 is 0.732 bits per heavy atom. The largest absolute Gasteiger partial charge is 0.493 e. The highest BCUT2D eigenvalue weighted by atomic mass is 16.7. The van der Waals surface area contributed by atoms with Gasteiger partial charge in [-0.25, -0.2) is 0 Å². The number of aliphatic hydroxyl groups is 6. The van der Waals surface area contributed by atoms with Gasteiger partial charge in [-0.2, -0.15) is 0 Å². The summed E-state index contributed by atoms with van der Waals surface area (Å²) in [5.41, 5.74) is 1.53. The lowest BCUT2D eigenvalue weighted by Gasteiger charge is -2.39. The summed E-state index contributed by atoms with van der Waals surface area (Å²) in [4.78, 5) is 0. The number of methoxy groups -OCH3 is 4. The van der Waals surface area contributed by atoms with Crippen molar-refractivity contribution in [3.8, 4) is 34.5 Å². The number of rotatable bonds is 15. The Balaban J connectivity index is 1.86. The van der Waals surface area contributed by atoms with Crippen molar-refractivity contribution < 1.29 is 63.8 Å². The first-order valence-corrected chi connectivity index (χ1v) is 13.1. The van der Waals surface area contributed by atoms with Crippen LogP contribution in [0.2, 0.25) is 0 Å². The molecule has 6 unspecified atom stereocenters. The van der Waals surface area contributed by atoms with Crippen LogP contribution in [0.15, 0.2) is 24.3 Å². The monoisotopic (exact) mass is 584 g/mol. The van der Waals surface area contributed by atoms with Crippen molar-refractivity contribution in [1.82, 2.24) is 0 Å². The van der Waals surface area contributed by atoms with Crippen LogP contribution in [0.4, 0.5) is 0 Å². The van der Waals surface area contributed by atoms with Gasteiger partial charge in [-0.15, -0.1) is 0 Å². The molecule has 0 saturated carbocycles. The predicted molar refractivity (Wildman–Crippen MR) is 144 cm³/mol. The molecule has 0 amide bonds. The maximum Gasteiger partial charge on any atom is 0.229 e. The molecule has 0 radical (unpaired) electrons. The van der Waals surface area contributed by atoms with Gasteiger partial charge >= 0.3 is 0 Å². The SMILES string of the molecule is COc1cc(CCCO)cc(OC)c1OC(CO)Cc1cc(OC)c(OC2OC(CO)C(O)C(O)C2O)c(OC)c1. The molecule has 230 valence electrons. The molecular formula is C28H40O13. The van der Waals surface area contributed by atoms with Crippen LogP contribution in [0, 0.1) is 0 Å². The van der Waals surface area contributed by atoms with E-state index in [0.29, 0.717) is 35.7 Å². The molecule has 0 spiro atoms. The van der Waals surface area contributed by atoms with E-state index in [1.165, 1.54) is 28.4 Å².